The Labute approximate surface area is 123 Å². The fourth-order valence-corrected chi connectivity index (χ4v) is 2.82. The third kappa shape index (κ3) is 4.10. The molecule has 3 nitrogen and oxygen atoms in total. The number of nitrogens with one attached hydrogen (secondary N) is 1. The molecule has 1 heterocycles. The summed E-state index contributed by atoms with van der Waals surface area (Å²) in [6.07, 6.45) is -5.23. The minimum absolute atomic E-state index is 0.0963. The lowest BCUT2D eigenvalue weighted by molar-refractivity contribution is -0.148. The van der Waals surface area contributed by atoms with E-state index in [1.165, 1.54) is 6.07 Å². The number of hydrogen-bond donors (Lipinski definition) is 2. The molecular weight excluding hydrogens is 337 g/mol. The molecule has 2 N–H and O–H groups in total. The van der Waals surface area contributed by atoms with Crippen LogP contribution < -0.4 is 5.32 Å². The van der Waals surface area contributed by atoms with E-state index in [4.69, 9.17) is 0 Å². The molecule has 0 amide bonds. The van der Waals surface area contributed by atoms with Gasteiger partial charge in [0.05, 0.1) is 6.42 Å². The molecule has 0 bridgehead atoms. The second-order valence-electron chi connectivity index (χ2n) is 4.82. The van der Waals surface area contributed by atoms with Gasteiger partial charge >= 0.3 is 6.18 Å². The average Bonchev–Trinajstić information content (AvgIpc) is 2.39. The van der Waals surface area contributed by atoms with Gasteiger partial charge in [-0.2, -0.15) is 13.2 Å². The van der Waals surface area contributed by atoms with Gasteiger partial charge in [-0.25, -0.2) is 0 Å². The topological polar surface area (TPSA) is 35.5 Å². The summed E-state index contributed by atoms with van der Waals surface area (Å²) in [5.74, 6) is -0.0963. The first-order valence-corrected chi connectivity index (χ1v) is 7.16. The molecule has 20 heavy (non-hydrogen) atoms. The average molecular weight is 353 g/mol. The smallest absolute Gasteiger partial charge is 0.390 e. The van der Waals surface area contributed by atoms with Crippen molar-refractivity contribution in [2.45, 2.75) is 18.6 Å². The summed E-state index contributed by atoms with van der Waals surface area (Å²) in [7, 11) is 0. The molecule has 0 unspecified atom stereocenters. The molecule has 1 atom stereocenters. The molecule has 1 saturated heterocycles. The van der Waals surface area contributed by atoms with Crippen LogP contribution in [0.25, 0.3) is 0 Å². The van der Waals surface area contributed by atoms with Crippen LogP contribution in [0.1, 0.15) is 18.0 Å². The largest absolute Gasteiger partial charge is 0.508 e. The fraction of sp³-hybridized carbons (Fsp3) is 0.538. The minimum Gasteiger partial charge on any atom is -0.508 e. The predicted octanol–water partition coefficient (Wildman–Crippen LogP) is 3.05. The molecule has 112 valence electrons. The maximum Gasteiger partial charge on any atom is 0.390 e. The van der Waals surface area contributed by atoms with Crippen molar-refractivity contribution in [1.29, 1.82) is 0 Å². The number of halogens is 4. The molecule has 1 aromatic rings. The summed E-state index contributed by atoms with van der Waals surface area (Å²) in [5.41, 5.74) is 0.318. The number of piperazine rings is 1. The maximum atomic E-state index is 12.8. The first-order valence-electron chi connectivity index (χ1n) is 6.37. The zero-order valence-corrected chi connectivity index (χ0v) is 12.3. The van der Waals surface area contributed by atoms with Crippen molar-refractivity contribution in [3.63, 3.8) is 0 Å². The third-order valence-corrected chi connectivity index (χ3v) is 3.86. The maximum absolute atomic E-state index is 12.8. The predicted molar refractivity (Wildman–Crippen MR) is 73.7 cm³/mol. The molecule has 1 aliphatic rings. The van der Waals surface area contributed by atoms with Gasteiger partial charge in [0.2, 0.25) is 0 Å². The van der Waals surface area contributed by atoms with Gasteiger partial charge in [0.1, 0.15) is 5.75 Å². The van der Waals surface area contributed by atoms with Gasteiger partial charge in [-0.3, -0.25) is 4.90 Å². The zero-order chi connectivity index (χ0) is 14.8. The molecule has 0 aromatic heterocycles. The highest BCUT2D eigenvalue weighted by Gasteiger charge is 2.37. The van der Waals surface area contributed by atoms with Gasteiger partial charge in [-0.05, 0) is 18.2 Å². The fourth-order valence-electron chi connectivity index (χ4n) is 2.44. The molecule has 1 aromatic carbocycles. The van der Waals surface area contributed by atoms with Crippen molar-refractivity contribution in [1.82, 2.24) is 10.2 Å². The minimum atomic E-state index is -4.27. The quantitative estimate of drug-likeness (QED) is 0.877. The van der Waals surface area contributed by atoms with E-state index in [2.05, 4.69) is 21.2 Å². The normalized spacial score (nSPS) is 19.0. The number of nitrogens with zero attached hydrogens (tertiary/aromatic N) is 1. The molecular formula is C13H16BrF3N2O. The van der Waals surface area contributed by atoms with Crippen LogP contribution in [0.15, 0.2) is 22.7 Å². The molecule has 0 radical (unpaired) electrons. The van der Waals surface area contributed by atoms with E-state index in [1.807, 2.05) is 0 Å². The molecule has 1 aliphatic heterocycles. The van der Waals surface area contributed by atoms with Crippen molar-refractivity contribution < 1.29 is 18.3 Å². The molecule has 0 spiro atoms. The van der Waals surface area contributed by atoms with Crippen molar-refractivity contribution >= 4 is 15.9 Å². The second kappa shape index (κ2) is 6.32. The lowest BCUT2D eigenvalue weighted by Crippen LogP contribution is -2.46. The van der Waals surface area contributed by atoms with Gasteiger partial charge in [0, 0.05) is 42.3 Å². The Morgan fingerprint density at radius 2 is 1.95 bits per heavy atom. The second-order valence-corrected chi connectivity index (χ2v) is 5.74. The van der Waals surface area contributed by atoms with Crippen LogP contribution in [0.3, 0.4) is 0 Å². The highest BCUT2D eigenvalue weighted by atomic mass is 79.9. The Hall–Kier alpha value is -0.790. The summed E-state index contributed by atoms with van der Waals surface area (Å²) in [6, 6.07) is 3.75. The number of phenols is 1. The Kier molecular flexibility index (Phi) is 4.93. The van der Waals surface area contributed by atoms with Crippen molar-refractivity contribution in [3.05, 3.63) is 28.2 Å². The highest BCUT2D eigenvalue weighted by Crippen LogP contribution is 2.38. The molecule has 0 saturated carbocycles. The van der Waals surface area contributed by atoms with E-state index in [-0.39, 0.29) is 5.75 Å². The van der Waals surface area contributed by atoms with E-state index in [0.717, 1.165) is 0 Å². The lowest BCUT2D eigenvalue weighted by Gasteiger charge is -2.36. The number of alkyl halides is 3. The van der Waals surface area contributed by atoms with Gasteiger partial charge < -0.3 is 10.4 Å². The highest BCUT2D eigenvalue weighted by molar-refractivity contribution is 9.10. The summed E-state index contributed by atoms with van der Waals surface area (Å²) in [5, 5.41) is 13.0. The van der Waals surface area contributed by atoms with Crippen molar-refractivity contribution in [3.8, 4) is 5.75 Å². The molecule has 0 aliphatic carbocycles. The van der Waals surface area contributed by atoms with Crippen LogP contribution in [-0.2, 0) is 0 Å². The van der Waals surface area contributed by atoms with Crippen LogP contribution in [0.2, 0.25) is 0 Å². The summed E-state index contributed by atoms with van der Waals surface area (Å²) >= 11 is 3.25. The number of rotatable bonds is 3. The van der Waals surface area contributed by atoms with E-state index in [0.29, 0.717) is 36.2 Å². The SMILES string of the molecule is Oc1ccc(Br)cc1[C@H](CC(F)(F)F)N1CCNCC1. The van der Waals surface area contributed by atoms with Gasteiger partial charge in [0.15, 0.2) is 0 Å². The molecule has 7 heteroatoms. The van der Waals surface area contributed by atoms with Gasteiger partial charge in [-0.1, -0.05) is 15.9 Å². The van der Waals surface area contributed by atoms with Crippen LogP contribution >= 0.6 is 15.9 Å². The number of benzene rings is 1. The lowest BCUT2D eigenvalue weighted by atomic mass is 10.00. The first-order chi connectivity index (χ1) is 9.37. The van der Waals surface area contributed by atoms with Crippen LogP contribution in [0.4, 0.5) is 13.2 Å². The van der Waals surface area contributed by atoms with Crippen LogP contribution in [-0.4, -0.2) is 42.4 Å². The van der Waals surface area contributed by atoms with Crippen LogP contribution in [0.5, 0.6) is 5.75 Å². The summed E-state index contributed by atoms with van der Waals surface area (Å²) in [4.78, 5) is 1.77. The van der Waals surface area contributed by atoms with E-state index < -0.39 is 18.6 Å². The Morgan fingerprint density at radius 1 is 1.30 bits per heavy atom. The van der Waals surface area contributed by atoms with Gasteiger partial charge in [-0.15, -0.1) is 0 Å². The number of hydrogen-bond acceptors (Lipinski definition) is 3. The number of phenolic OH excluding ortho intramolecular Hbond substituents is 1. The summed E-state index contributed by atoms with van der Waals surface area (Å²) < 4.78 is 39.2. The third-order valence-electron chi connectivity index (χ3n) is 3.37. The van der Waals surface area contributed by atoms with E-state index in [9.17, 15) is 18.3 Å². The van der Waals surface area contributed by atoms with Crippen molar-refractivity contribution in [2.75, 3.05) is 26.2 Å². The Morgan fingerprint density at radius 3 is 2.55 bits per heavy atom. The van der Waals surface area contributed by atoms with Crippen molar-refractivity contribution in [2.24, 2.45) is 0 Å². The Bertz CT molecular complexity index is 461. The zero-order valence-electron chi connectivity index (χ0n) is 10.8. The molecule has 1 fully saturated rings. The first kappa shape index (κ1) is 15.6. The van der Waals surface area contributed by atoms with Crippen LogP contribution in [0, 0.1) is 0 Å². The summed E-state index contributed by atoms with van der Waals surface area (Å²) in [6.45, 7) is 2.38. The Balaban J connectivity index is 2.31. The van der Waals surface area contributed by atoms with E-state index >= 15 is 0 Å². The standard InChI is InChI=1S/C13H16BrF3N2O/c14-9-1-2-12(20)10(7-9)11(8-13(15,16)17)19-5-3-18-4-6-19/h1-2,7,11,18,20H,3-6,8H2/t11-/m0/s1. The van der Waals surface area contributed by atoms with E-state index in [1.54, 1.807) is 17.0 Å². The monoisotopic (exact) mass is 352 g/mol. The number of aromatic hydroxyl groups is 1. The molecule has 2 rings (SSSR count). The van der Waals surface area contributed by atoms with Gasteiger partial charge in [0.25, 0.3) is 0 Å².